The minimum Gasteiger partial charge on any atom is -0.497 e. The quantitative estimate of drug-likeness (QED) is 0.809. The third-order valence-corrected chi connectivity index (χ3v) is 3.72. The predicted molar refractivity (Wildman–Crippen MR) is 87.7 cm³/mol. The second-order valence-corrected chi connectivity index (χ2v) is 5.70. The van der Waals surface area contributed by atoms with Crippen LogP contribution in [0.2, 0.25) is 5.02 Å². The van der Waals surface area contributed by atoms with Gasteiger partial charge in [0.25, 0.3) is 5.91 Å². The molecule has 3 N–H and O–H groups in total. The van der Waals surface area contributed by atoms with E-state index in [4.69, 9.17) is 22.1 Å². The summed E-state index contributed by atoms with van der Waals surface area (Å²) < 4.78 is 5.79. The Labute approximate surface area is 136 Å². The highest BCUT2D eigenvalue weighted by molar-refractivity contribution is 9.10. The van der Waals surface area contributed by atoms with Gasteiger partial charge in [0.1, 0.15) is 5.75 Å². The second-order valence-electron chi connectivity index (χ2n) is 4.38. The lowest BCUT2D eigenvalue weighted by Gasteiger charge is -2.10. The highest BCUT2D eigenvalue weighted by Crippen LogP contribution is 2.27. The molecule has 2 aromatic carbocycles. The SMILES string of the molecule is COc1ccc(CNC(=O)c2cc(Br)cc(Cl)c2N)cc1. The van der Waals surface area contributed by atoms with Crippen molar-refractivity contribution < 1.29 is 9.53 Å². The summed E-state index contributed by atoms with van der Waals surface area (Å²) in [7, 11) is 1.61. The number of nitrogen functional groups attached to an aromatic ring is 1. The molecule has 0 aliphatic heterocycles. The van der Waals surface area contributed by atoms with Crippen molar-refractivity contribution in [1.29, 1.82) is 0 Å². The van der Waals surface area contributed by atoms with Gasteiger partial charge in [-0.3, -0.25) is 4.79 Å². The summed E-state index contributed by atoms with van der Waals surface area (Å²) in [5.74, 6) is 0.500. The molecule has 6 heteroatoms. The molecule has 2 rings (SSSR count). The number of amides is 1. The number of hydrogen-bond donors (Lipinski definition) is 2. The molecule has 0 saturated heterocycles. The molecule has 0 aromatic heterocycles. The molecule has 1 amide bonds. The lowest BCUT2D eigenvalue weighted by Crippen LogP contribution is -2.24. The molecule has 21 heavy (non-hydrogen) atoms. The zero-order chi connectivity index (χ0) is 15.4. The van der Waals surface area contributed by atoms with E-state index in [9.17, 15) is 4.79 Å². The Morgan fingerprint density at radius 1 is 1.33 bits per heavy atom. The minimum absolute atomic E-state index is 0.270. The first-order valence-electron chi connectivity index (χ1n) is 6.17. The van der Waals surface area contributed by atoms with E-state index in [0.29, 0.717) is 21.6 Å². The average Bonchev–Trinajstić information content (AvgIpc) is 2.49. The molecule has 0 unspecified atom stereocenters. The number of hydrogen-bond acceptors (Lipinski definition) is 3. The topological polar surface area (TPSA) is 64.3 Å². The maximum absolute atomic E-state index is 12.2. The molecule has 0 bridgehead atoms. The van der Waals surface area contributed by atoms with E-state index in [1.807, 2.05) is 24.3 Å². The number of nitrogens with one attached hydrogen (secondary N) is 1. The van der Waals surface area contributed by atoms with Crippen LogP contribution in [0, 0.1) is 0 Å². The Morgan fingerprint density at radius 3 is 2.62 bits per heavy atom. The number of rotatable bonds is 4. The summed E-state index contributed by atoms with van der Waals surface area (Å²) in [6.45, 7) is 0.395. The van der Waals surface area contributed by atoms with Crippen molar-refractivity contribution in [3.63, 3.8) is 0 Å². The maximum atomic E-state index is 12.2. The van der Waals surface area contributed by atoms with E-state index in [0.717, 1.165) is 11.3 Å². The van der Waals surface area contributed by atoms with E-state index in [1.54, 1.807) is 19.2 Å². The van der Waals surface area contributed by atoms with E-state index in [-0.39, 0.29) is 11.6 Å². The van der Waals surface area contributed by atoms with Gasteiger partial charge in [-0.2, -0.15) is 0 Å². The van der Waals surface area contributed by atoms with Crippen LogP contribution < -0.4 is 15.8 Å². The van der Waals surface area contributed by atoms with Crippen LogP contribution in [-0.2, 0) is 6.54 Å². The average molecular weight is 370 g/mol. The zero-order valence-corrected chi connectivity index (χ0v) is 13.7. The first kappa shape index (κ1) is 15.7. The fourth-order valence-corrected chi connectivity index (χ4v) is 2.60. The van der Waals surface area contributed by atoms with Gasteiger partial charge in [0, 0.05) is 11.0 Å². The van der Waals surface area contributed by atoms with Crippen molar-refractivity contribution >= 4 is 39.1 Å². The first-order valence-corrected chi connectivity index (χ1v) is 7.34. The van der Waals surface area contributed by atoms with Crippen LogP contribution in [0.15, 0.2) is 40.9 Å². The van der Waals surface area contributed by atoms with Crippen LogP contribution >= 0.6 is 27.5 Å². The molecule has 0 aliphatic rings. The fourth-order valence-electron chi connectivity index (χ4n) is 1.79. The summed E-state index contributed by atoms with van der Waals surface area (Å²) in [6, 6.07) is 10.7. The number of methoxy groups -OCH3 is 1. The van der Waals surface area contributed by atoms with E-state index in [1.165, 1.54) is 0 Å². The Hall–Kier alpha value is -1.72. The molecule has 2 aromatic rings. The van der Waals surface area contributed by atoms with Crippen molar-refractivity contribution in [2.24, 2.45) is 0 Å². The van der Waals surface area contributed by atoms with Gasteiger partial charge in [-0.25, -0.2) is 0 Å². The number of anilines is 1. The molecule has 0 heterocycles. The van der Waals surface area contributed by atoms with Crippen LogP contribution in [0.25, 0.3) is 0 Å². The highest BCUT2D eigenvalue weighted by Gasteiger charge is 2.13. The van der Waals surface area contributed by atoms with Crippen molar-refractivity contribution in [2.75, 3.05) is 12.8 Å². The van der Waals surface area contributed by atoms with Crippen LogP contribution in [0.3, 0.4) is 0 Å². The number of carbonyl (C=O) groups is 1. The Kier molecular flexibility index (Phi) is 5.09. The van der Waals surface area contributed by atoms with E-state index >= 15 is 0 Å². The van der Waals surface area contributed by atoms with Gasteiger partial charge in [-0.1, -0.05) is 39.7 Å². The standard InChI is InChI=1S/C15H14BrClN2O2/c1-21-11-4-2-9(3-5-11)8-19-15(20)12-6-10(16)7-13(17)14(12)18/h2-7H,8,18H2,1H3,(H,19,20). The molecule has 0 fully saturated rings. The number of halogens is 2. The Balaban J connectivity index is 2.08. The lowest BCUT2D eigenvalue weighted by atomic mass is 10.1. The van der Waals surface area contributed by atoms with Gasteiger partial charge < -0.3 is 15.8 Å². The van der Waals surface area contributed by atoms with Crippen molar-refractivity contribution in [1.82, 2.24) is 5.32 Å². The van der Waals surface area contributed by atoms with Crippen LogP contribution in [-0.4, -0.2) is 13.0 Å². The molecule has 4 nitrogen and oxygen atoms in total. The van der Waals surface area contributed by atoms with Crippen LogP contribution in [0.4, 0.5) is 5.69 Å². The molecular weight excluding hydrogens is 356 g/mol. The largest absolute Gasteiger partial charge is 0.497 e. The normalized spacial score (nSPS) is 10.2. The first-order chi connectivity index (χ1) is 10.0. The van der Waals surface area contributed by atoms with Gasteiger partial charge in [0.2, 0.25) is 0 Å². The van der Waals surface area contributed by atoms with Crippen LogP contribution in [0.1, 0.15) is 15.9 Å². The van der Waals surface area contributed by atoms with E-state index < -0.39 is 0 Å². The molecule has 0 saturated carbocycles. The third-order valence-electron chi connectivity index (χ3n) is 2.95. The number of carbonyl (C=O) groups excluding carboxylic acids is 1. The monoisotopic (exact) mass is 368 g/mol. The number of ether oxygens (including phenoxy) is 1. The summed E-state index contributed by atoms with van der Waals surface area (Å²) in [6.07, 6.45) is 0. The zero-order valence-electron chi connectivity index (χ0n) is 11.3. The summed E-state index contributed by atoms with van der Waals surface area (Å²) in [4.78, 5) is 12.2. The van der Waals surface area contributed by atoms with Gasteiger partial charge in [-0.15, -0.1) is 0 Å². The Bertz CT molecular complexity index is 659. The molecule has 110 valence electrons. The number of benzene rings is 2. The van der Waals surface area contributed by atoms with Gasteiger partial charge >= 0.3 is 0 Å². The highest BCUT2D eigenvalue weighted by atomic mass is 79.9. The van der Waals surface area contributed by atoms with Gasteiger partial charge in [0.15, 0.2) is 0 Å². The predicted octanol–water partition coefficient (Wildman–Crippen LogP) is 3.62. The summed E-state index contributed by atoms with van der Waals surface area (Å²) >= 11 is 9.26. The van der Waals surface area contributed by atoms with Crippen molar-refractivity contribution in [2.45, 2.75) is 6.54 Å². The minimum atomic E-state index is -0.272. The number of nitrogens with two attached hydrogens (primary N) is 1. The van der Waals surface area contributed by atoms with Gasteiger partial charge in [-0.05, 0) is 29.8 Å². The van der Waals surface area contributed by atoms with E-state index in [2.05, 4.69) is 21.2 Å². The molecule has 0 atom stereocenters. The lowest BCUT2D eigenvalue weighted by molar-refractivity contribution is 0.0951. The Morgan fingerprint density at radius 2 is 2.00 bits per heavy atom. The molecule has 0 aliphatic carbocycles. The second kappa shape index (κ2) is 6.83. The molecule has 0 spiro atoms. The maximum Gasteiger partial charge on any atom is 0.253 e. The van der Waals surface area contributed by atoms with Crippen molar-refractivity contribution in [3.05, 3.63) is 57.0 Å². The summed E-state index contributed by atoms with van der Waals surface area (Å²) in [5, 5.41) is 3.16. The fraction of sp³-hybridized carbons (Fsp3) is 0.133. The smallest absolute Gasteiger partial charge is 0.253 e. The van der Waals surface area contributed by atoms with Crippen LogP contribution in [0.5, 0.6) is 5.75 Å². The van der Waals surface area contributed by atoms with Crippen molar-refractivity contribution in [3.8, 4) is 5.75 Å². The summed E-state index contributed by atoms with van der Waals surface area (Å²) in [5.41, 5.74) is 7.41. The third kappa shape index (κ3) is 3.89. The molecular formula is C15H14BrClN2O2. The van der Waals surface area contributed by atoms with Gasteiger partial charge in [0.05, 0.1) is 23.4 Å². The molecule has 0 radical (unpaired) electrons.